The van der Waals surface area contributed by atoms with Gasteiger partial charge in [-0.3, -0.25) is 0 Å². The molecular formula is C11H10BrClN2S. The lowest BCUT2D eigenvalue weighted by molar-refractivity contribution is 0.849. The van der Waals surface area contributed by atoms with Crippen LogP contribution in [0.5, 0.6) is 0 Å². The molecular weight excluding hydrogens is 308 g/mol. The predicted molar refractivity (Wildman–Crippen MR) is 73.3 cm³/mol. The molecule has 0 saturated carbocycles. The Bertz CT molecular complexity index is 473. The van der Waals surface area contributed by atoms with Crippen LogP contribution in [0.25, 0.3) is 0 Å². The molecule has 0 aliphatic rings. The van der Waals surface area contributed by atoms with Crippen molar-refractivity contribution in [1.82, 2.24) is 4.98 Å². The number of halogens is 2. The maximum Gasteiger partial charge on any atom is 0.0795 e. The van der Waals surface area contributed by atoms with Crippen molar-refractivity contribution in [3.05, 3.63) is 44.3 Å². The Hall–Kier alpha value is -0.580. The zero-order chi connectivity index (χ0) is 11.5. The number of benzene rings is 1. The van der Waals surface area contributed by atoms with Gasteiger partial charge in [0.25, 0.3) is 0 Å². The second-order valence-corrected chi connectivity index (χ2v) is 5.41. The topological polar surface area (TPSA) is 24.9 Å². The normalized spacial score (nSPS) is 12.4. The molecule has 1 atom stereocenters. The van der Waals surface area contributed by atoms with Crippen LogP contribution in [0.2, 0.25) is 5.02 Å². The number of aromatic nitrogens is 1. The summed E-state index contributed by atoms with van der Waals surface area (Å²) in [6.45, 7) is 2.07. The zero-order valence-corrected chi connectivity index (χ0v) is 11.7. The van der Waals surface area contributed by atoms with Crippen LogP contribution >= 0.6 is 38.9 Å². The fourth-order valence-corrected chi connectivity index (χ4v) is 2.53. The summed E-state index contributed by atoms with van der Waals surface area (Å²) in [6, 6.07) is 5.85. The Morgan fingerprint density at radius 1 is 1.50 bits per heavy atom. The first-order chi connectivity index (χ1) is 7.66. The molecule has 2 aromatic rings. The van der Waals surface area contributed by atoms with Crippen LogP contribution in [0.15, 0.2) is 33.6 Å². The predicted octanol–water partition coefficient (Wildman–Crippen LogP) is 4.73. The van der Waals surface area contributed by atoms with E-state index < -0.39 is 0 Å². The van der Waals surface area contributed by atoms with E-state index in [4.69, 9.17) is 11.6 Å². The van der Waals surface area contributed by atoms with Gasteiger partial charge < -0.3 is 5.32 Å². The summed E-state index contributed by atoms with van der Waals surface area (Å²) in [4.78, 5) is 4.27. The van der Waals surface area contributed by atoms with E-state index in [9.17, 15) is 0 Å². The van der Waals surface area contributed by atoms with Gasteiger partial charge in [0.1, 0.15) is 0 Å². The minimum absolute atomic E-state index is 0.168. The zero-order valence-electron chi connectivity index (χ0n) is 8.58. The van der Waals surface area contributed by atoms with Gasteiger partial charge in [0.2, 0.25) is 0 Å². The van der Waals surface area contributed by atoms with E-state index >= 15 is 0 Å². The van der Waals surface area contributed by atoms with E-state index in [0.29, 0.717) is 0 Å². The first-order valence-electron chi connectivity index (χ1n) is 4.76. The molecule has 0 aliphatic heterocycles. The molecule has 0 aliphatic carbocycles. The van der Waals surface area contributed by atoms with E-state index in [1.165, 1.54) is 0 Å². The Kier molecular flexibility index (Phi) is 3.84. The number of nitrogens with zero attached hydrogens (tertiary/aromatic N) is 1. The number of hydrogen-bond acceptors (Lipinski definition) is 3. The van der Waals surface area contributed by atoms with Crippen molar-refractivity contribution in [2.75, 3.05) is 5.32 Å². The lowest BCUT2D eigenvalue weighted by atomic mass is 10.2. The van der Waals surface area contributed by atoms with E-state index in [1.54, 1.807) is 11.3 Å². The summed E-state index contributed by atoms with van der Waals surface area (Å²) >= 11 is 11.0. The van der Waals surface area contributed by atoms with Gasteiger partial charge in [-0.1, -0.05) is 11.6 Å². The fourth-order valence-electron chi connectivity index (χ4n) is 1.35. The molecule has 84 valence electrons. The summed E-state index contributed by atoms with van der Waals surface area (Å²) in [6.07, 6.45) is 0. The van der Waals surface area contributed by atoms with Crippen LogP contribution in [0, 0.1) is 0 Å². The average Bonchev–Trinajstić information content (AvgIpc) is 2.76. The Labute approximate surface area is 112 Å². The molecule has 2 rings (SSSR count). The molecule has 0 radical (unpaired) electrons. The van der Waals surface area contributed by atoms with Crippen molar-refractivity contribution in [2.45, 2.75) is 13.0 Å². The molecule has 16 heavy (non-hydrogen) atoms. The van der Waals surface area contributed by atoms with Gasteiger partial charge in [0.05, 0.1) is 22.9 Å². The van der Waals surface area contributed by atoms with Crippen LogP contribution in [-0.4, -0.2) is 4.98 Å². The molecule has 5 heteroatoms. The SMILES string of the molecule is CC(Nc1cc(Cl)ccc1Br)c1cscn1. The highest BCUT2D eigenvalue weighted by Gasteiger charge is 2.09. The third kappa shape index (κ3) is 2.75. The van der Waals surface area contributed by atoms with Gasteiger partial charge >= 0.3 is 0 Å². The number of rotatable bonds is 3. The van der Waals surface area contributed by atoms with Crippen LogP contribution < -0.4 is 5.32 Å². The Morgan fingerprint density at radius 3 is 3.00 bits per heavy atom. The molecule has 0 fully saturated rings. The van der Waals surface area contributed by atoms with Gasteiger partial charge in [0, 0.05) is 14.9 Å². The highest BCUT2D eigenvalue weighted by molar-refractivity contribution is 9.10. The summed E-state index contributed by atoms with van der Waals surface area (Å²) in [5.74, 6) is 0. The largest absolute Gasteiger partial charge is 0.376 e. The third-order valence-corrected chi connectivity index (χ3v) is 3.73. The van der Waals surface area contributed by atoms with Crippen molar-refractivity contribution in [3.8, 4) is 0 Å². The molecule has 1 aromatic carbocycles. The van der Waals surface area contributed by atoms with Gasteiger partial charge in [-0.05, 0) is 41.1 Å². The van der Waals surface area contributed by atoms with Crippen molar-refractivity contribution in [2.24, 2.45) is 0 Å². The molecule has 1 N–H and O–H groups in total. The highest BCUT2D eigenvalue weighted by atomic mass is 79.9. The van der Waals surface area contributed by atoms with Crippen molar-refractivity contribution in [3.63, 3.8) is 0 Å². The second kappa shape index (κ2) is 5.17. The lowest BCUT2D eigenvalue weighted by Gasteiger charge is -2.14. The Balaban J connectivity index is 2.17. The van der Waals surface area contributed by atoms with Gasteiger partial charge in [0.15, 0.2) is 0 Å². The van der Waals surface area contributed by atoms with Gasteiger partial charge in [-0.15, -0.1) is 11.3 Å². The maximum absolute atomic E-state index is 5.95. The molecule has 1 aromatic heterocycles. The van der Waals surface area contributed by atoms with Crippen LogP contribution in [-0.2, 0) is 0 Å². The standard InChI is InChI=1S/C11H10BrClN2S/c1-7(11-5-16-6-14-11)15-10-4-8(13)2-3-9(10)12/h2-7,15H,1H3. The molecule has 0 spiro atoms. The molecule has 0 bridgehead atoms. The number of hydrogen-bond donors (Lipinski definition) is 1. The molecule has 1 unspecified atom stereocenters. The van der Waals surface area contributed by atoms with Crippen molar-refractivity contribution >= 4 is 44.6 Å². The van der Waals surface area contributed by atoms with Gasteiger partial charge in [-0.25, -0.2) is 4.98 Å². The van der Waals surface area contributed by atoms with E-state index in [2.05, 4.69) is 33.2 Å². The van der Waals surface area contributed by atoms with Crippen LogP contribution in [0.4, 0.5) is 5.69 Å². The van der Waals surface area contributed by atoms with Crippen molar-refractivity contribution in [1.29, 1.82) is 0 Å². The van der Waals surface area contributed by atoms with E-state index in [0.717, 1.165) is 20.9 Å². The van der Waals surface area contributed by atoms with E-state index in [1.807, 2.05) is 29.1 Å². The first-order valence-corrected chi connectivity index (χ1v) is 6.88. The number of anilines is 1. The number of thiazole rings is 1. The highest BCUT2D eigenvalue weighted by Crippen LogP contribution is 2.29. The molecule has 2 nitrogen and oxygen atoms in total. The quantitative estimate of drug-likeness (QED) is 0.885. The molecule has 0 amide bonds. The fraction of sp³-hybridized carbons (Fsp3) is 0.182. The van der Waals surface area contributed by atoms with Crippen molar-refractivity contribution < 1.29 is 0 Å². The smallest absolute Gasteiger partial charge is 0.0795 e. The first kappa shape index (κ1) is 11.9. The lowest BCUT2D eigenvalue weighted by Crippen LogP contribution is -2.07. The summed E-state index contributed by atoms with van der Waals surface area (Å²) in [7, 11) is 0. The monoisotopic (exact) mass is 316 g/mol. The van der Waals surface area contributed by atoms with Crippen LogP contribution in [0.1, 0.15) is 18.7 Å². The summed E-state index contributed by atoms with van der Waals surface area (Å²) in [5, 5.41) is 6.12. The summed E-state index contributed by atoms with van der Waals surface area (Å²) < 4.78 is 0.999. The Morgan fingerprint density at radius 2 is 2.31 bits per heavy atom. The summed E-state index contributed by atoms with van der Waals surface area (Å²) in [5.41, 5.74) is 3.85. The average molecular weight is 318 g/mol. The molecule has 1 heterocycles. The number of nitrogens with one attached hydrogen (secondary N) is 1. The molecule has 0 saturated heterocycles. The minimum atomic E-state index is 0.168. The maximum atomic E-state index is 5.95. The minimum Gasteiger partial charge on any atom is -0.376 e. The van der Waals surface area contributed by atoms with E-state index in [-0.39, 0.29) is 6.04 Å². The third-order valence-electron chi connectivity index (χ3n) is 2.20. The van der Waals surface area contributed by atoms with Crippen LogP contribution in [0.3, 0.4) is 0 Å². The van der Waals surface area contributed by atoms with Gasteiger partial charge in [-0.2, -0.15) is 0 Å². The second-order valence-electron chi connectivity index (χ2n) is 3.40.